The third-order valence-electron chi connectivity index (χ3n) is 3.22. The lowest BCUT2D eigenvalue weighted by atomic mass is 10.1. The largest absolute Gasteiger partial charge is 0.406 e. The standard InChI is InChI=1S/C13H13Cl2F3N4O2/c1-6(7-2-3-8(14)9(15)4-7)19-10-20-11(23)22(12(24)21-10)5-13(16,17)18/h2-4,6,10,19H,5H2,1H3,(H,20,23)(H,21,24)/t6-/m0/s1. The Labute approximate surface area is 145 Å². The van der Waals surface area contributed by atoms with Gasteiger partial charge in [-0.1, -0.05) is 29.3 Å². The molecule has 132 valence electrons. The van der Waals surface area contributed by atoms with Crippen molar-refractivity contribution in [2.75, 3.05) is 6.54 Å². The molecule has 1 aromatic rings. The highest BCUT2D eigenvalue weighted by molar-refractivity contribution is 6.42. The number of urea groups is 2. The fourth-order valence-corrected chi connectivity index (χ4v) is 2.37. The van der Waals surface area contributed by atoms with Gasteiger partial charge in [0.2, 0.25) is 0 Å². The molecule has 4 amide bonds. The van der Waals surface area contributed by atoms with E-state index in [0.717, 1.165) is 0 Å². The van der Waals surface area contributed by atoms with E-state index in [1.165, 1.54) is 0 Å². The molecule has 0 spiro atoms. The summed E-state index contributed by atoms with van der Waals surface area (Å²) in [4.78, 5) is 23.4. The van der Waals surface area contributed by atoms with E-state index in [1.54, 1.807) is 25.1 Å². The molecule has 1 saturated heterocycles. The number of benzene rings is 1. The van der Waals surface area contributed by atoms with Crippen molar-refractivity contribution < 1.29 is 22.8 Å². The van der Waals surface area contributed by atoms with Crippen molar-refractivity contribution in [1.82, 2.24) is 20.9 Å². The number of hydrogen-bond donors (Lipinski definition) is 3. The molecule has 1 fully saturated rings. The lowest BCUT2D eigenvalue weighted by Gasteiger charge is -2.34. The van der Waals surface area contributed by atoms with Gasteiger partial charge < -0.3 is 10.6 Å². The quantitative estimate of drug-likeness (QED) is 0.745. The van der Waals surface area contributed by atoms with Gasteiger partial charge in [0, 0.05) is 6.04 Å². The minimum atomic E-state index is -4.68. The maximum absolute atomic E-state index is 12.3. The van der Waals surface area contributed by atoms with Crippen molar-refractivity contribution in [3.05, 3.63) is 33.8 Å². The summed E-state index contributed by atoms with van der Waals surface area (Å²) in [7, 11) is 0. The van der Waals surface area contributed by atoms with Crippen molar-refractivity contribution in [3.63, 3.8) is 0 Å². The Kier molecular flexibility index (Phi) is 5.46. The van der Waals surface area contributed by atoms with Crippen LogP contribution in [0.15, 0.2) is 18.2 Å². The molecule has 1 atom stereocenters. The van der Waals surface area contributed by atoms with Crippen molar-refractivity contribution in [2.24, 2.45) is 0 Å². The van der Waals surface area contributed by atoms with Crippen LogP contribution in [-0.4, -0.2) is 36.0 Å². The molecule has 1 aromatic carbocycles. The zero-order valence-corrected chi connectivity index (χ0v) is 13.8. The van der Waals surface area contributed by atoms with Crippen LogP contribution in [0.25, 0.3) is 0 Å². The Morgan fingerprint density at radius 3 is 2.29 bits per heavy atom. The van der Waals surface area contributed by atoms with Crippen molar-refractivity contribution >= 4 is 35.3 Å². The van der Waals surface area contributed by atoms with Crippen molar-refractivity contribution in [3.8, 4) is 0 Å². The third kappa shape index (κ3) is 4.65. The number of nitrogens with zero attached hydrogens (tertiary/aromatic N) is 1. The Morgan fingerprint density at radius 2 is 1.79 bits per heavy atom. The molecule has 6 nitrogen and oxygen atoms in total. The summed E-state index contributed by atoms with van der Waals surface area (Å²) >= 11 is 11.7. The zero-order valence-electron chi connectivity index (χ0n) is 12.2. The number of hydrogen-bond acceptors (Lipinski definition) is 3. The minimum absolute atomic E-state index is 0.0437. The van der Waals surface area contributed by atoms with E-state index in [-0.39, 0.29) is 10.9 Å². The van der Waals surface area contributed by atoms with Crippen LogP contribution in [0.2, 0.25) is 10.0 Å². The molecule has 0 aliphatic carbocycles. The van der Waals surface area contributed by atoms with Crippen LogP contribution >= 0.6 is 23.2 Å². The second kappa shape index (κ2) is 7.04. The molecule has 1 heterocycles. The van der Waals surface area contributed by atoms with Crippen LogP contribution in [0.4, 0.5) is 22.8 Å². The van der Waals surface area contributed by atoms with Crippen LogP contribution in [0.5, 0.6) is 0 Å². The highest BCUT2D eigenvalue weighted by atomic mass is 35.5. The molecule has 3 N–H and O–H groups in total. The molecule has 0 aromatic heterocycles. The van der Waals surface area contributed by atoms with Crippen molar-refractivity contribution in [1.29, 1.82) is 0 Å². The number of carbonyl (C=O) groups excluding carboxylic acids is 2. The molecular weight excluding hydrogens is 372 g/mol. The Morgan fingerprint density at radius 1 is 1.21 bits per heavy atom. The van der Waals surface area contributed by atoms with Crippen LogP contribution in [-0.2, 0) is 0 Å². The maximum Gasteiger partial charge on any atom is 0.406 e. The topological polar surface area (TPSA) is 73.5 Å². The molecule has 1 aliphatic rings. The molecule has 0 unspecified atom stereocenters. The van der Waals surface area contributed by atoms with Gasteiger partial charge in [-0.05, 0) is 24.6 Å². The van der Waals surface area contributed by atoms with E-state index in [4.69, 9.17) is 23.2 Å². The molecule has 11 heteroatoms. The van der Waals surface area contributed by atoms with Crippen LogP contribution in [0, 0.1) is 0 Å². The monoisotopic (exact) mass is 384 g/mol. The van der Waals surface area contributed by atoms with Crippen LogP contribution < -0.4 is 16.0 Å². The van der Waals surface area contributed by atoms with E-state index < -0.39 is 31.1 Å². The number of nitrogens with one attached hydrogen (secondary N) is 3. The van der Waals surface area contributed by atoms with Crippen LogP contribution in [0.3, 0.4) is 0 Å². The predicted molar refractivity (Wildman–Crippen MR) is 81.6 cm³/mol. The van der Waals surface area contributed by atoms with E-state index in [2.05, 4.69) is 16.0 Å². The summed E-state index contributed by atoms with van der Waals surface area (Å²) in [5.41, 5.74) is 0.714. The smallest absolute Gasteiger partial charge is 0.305 e. The summed E-state index contributed by atoms with van der Waals surface area (Å²) < 4.78 is 37.0. The summed E-state index contributed by atoms with van der Waals surface area (Å²) in [6.45, 7) is 0.0553. The highest BCUT2D eigenvalue weighted by Gasteiger charge is 2.40. The molecular formula is C13H13Cl2F3N4O2. The second-order valence-corrected chi connectivity index (χ2v) is 5.91. The van der Waals surface area contributed by atoms with Gasteiger partial charge in [0.05, 0.1) is 10.0 Å². The second-order valence-electron chi connectivity index (χ2n) is 5.10. The Balaban J connectivity index is 2.01. The average Bonchev–Trinajstić information content (AvgIpc) is 2.45. The van der Waals surface area contributed by atoms with E-state index in [0.29, 0.717) is 15.6 Å². The van der Waals surface area contributed by atoms with Gasteiger partial charge in [-0.2, -0.15) is 13.2 Å². The number of rotatable bonds is 4. The van der Waals surface area contributed by atoms with Gasteiger partial charge in [0.25, 0.3) is 0 Å². The SMILES string of the molecule is C[C@H](NC1NC(=O)N(CC(F)(F)F)C(=O)N1)c1ccc(Cl)c(Cl)c1. The molecule has 1 aliphatic heterocycles. The summed E-state index contributed by atoms with van der Waals surface area (Å²) in [6, 6.07) is 2.21. The van der Waals surface area contributed by atoms with Gasteiger partial charge in [-0.3, -0.25) is 5.32 Å². The lowest BCUT2D eigenvalue weighted by Crippen LogP contribution is -2.68. The number of halogens is 5. The predicted octanol–water partition coefficient (Wildman–Crippen LogP) is 3.22. The number of imide groups is 1. The molecule has 0 saturated carbocycles. The number of alkyl halides is 3. The van der Waals surface area contributed by atoms with Gasteiger partial charge in [0.1, 0.15) is 6.54 Å². The zero-order chi connectivity index (χ0) is 18.1. The van der Waals surface area contributed by atoms with Crippen LogP contribution in [0.1, 0.15) is 18.5 Å². The number of carbonyl (C=O) groups is 2. The van der Waals surface area contributed by atoms with Gasteiger partial charge in [0.15, 0.2) is 6.29 Å². The normalized spacial score (nSPS) is 17.5. The van der Waals surface area contributed by atoms with E-state index in [1.807, 2.05) is 0 Å². The summed E-state index contributed by atoms with van der Waals surface area (Å²) in [6.07, 6.45) is -5.71. The highest BCUT2D eigenvalue weighted by Crippen LogP contribution is 2.25. The first-order valence-corrected chi connectivity index (χ1v) is 7.48. The fourth-order valence-electron chi connectivity index (χ4n) is 2.07. The first-order valence-electron chi connectivity index (χ1n) is 6.73. The molecule has 24 heavy (non-hydrogen) atoms. The summed E-state index contributed by atoms with van der Waals surface area (Å²) in [5.74, 6) is 0. The van der Waals surface area contributed by atoms with Gasteiger partial charge >= 0.3 is 18.2 Å². The first kappa shape index (κ1) is 18.6. The summed E-state index contributed by atoms with van der Waals surface area (Å²) in [5, 5.41) is 8.01. The molecule has 0 radical (unpaired) electrons. The molecule has 0 bridgehead atoms. The number of amides is 4. The lowest BCUT2D eigenvalue weighted by molar-refractivity contribution is -0.136. The first-order chi connectivity index (χ1) is 11.1. The van der Waals surface area contributed by atoms with E-state index in [9.17, 15) is 22.8 Å². The van der Waals surface area contributed by atoms with Crippen molar-refractivity contribution in [2.45, 2.75) is 25.4 Å². The maximum atomic E-state index is 12.3. The van der Waals surface area contributed by atoms with Gasteiger partial charge in [-0.25, -0.2) is 14.5 Å². The minimum Gasteiger partial charge on any atom is -0.305 e. The third-order valence-corrected chi connectivity index (χ3v) is 3.96. The Hall–Kier alpha value is -1.71. The fraction of sp³-hybridized carbons (Fsp3) is 0.385. The van der Waals surface area contributed by atoms with E-state index >= 15 is 0 Å². The molecule has 2 rings (SSSR count). The Bertz CT molecular complexity index is 639. The van der Waals surface area contributed by atoms with Gasteiger partial charge in [-0.15, -0.1) is 0 Å². The average molecular weight is 385 g/mol.